The van der Waals surface area contributed by atoms with E-state index in [-0.39, 0.29) is 18.6 Å². The second-order valence-corrected chi connectivity index (χ2v) is 6.55. The van der Waals surface area contributed by atoms with Crippen molar-refractivity contribution in [2.75, 3.05) is 6.61 Å². The number of halogens is 1. The maximum Gasteiger partial charge on any atom is 0.348 e. The number of hydrogen-bond acceptors (Lipinski definition) is 4. The molecule has 2 aromatic rings. The lowest BCUT2D eigenvalue weighted by atomic mass is 10.1. The van der Waals surface area contributed by atoms with Gasteiger partial charge in [-0.2, -0.15) is 0 Å². The molecule has 1 aromatic carbocycles. The summed E-state index contributed by atoms with van der Waals surface area (Å²) in [6.07, 6.45) is 0. The molecule has 0 unspecified atom stereocenters. The van der Waals surface area contributed by atoms with Gasteiger partial charge in [0.2, 0.25) is 0 Å². The van der Waals surface area contributed by atoms with Crippen molar-refractivity contribution >= 4 is 34.8 Å². The first-order valence-electron chi connectivity index (χ1n) is 6.74. The van der Waals surface area contributed by atoms with Gasteiger partial charge < -0.3 is 10.1 Å². The van der Waals surface area contributed by atoms with Gasteiger partial charge in [-0.1, -0.05) is 23.7 Å². The Morgan fingerprint density at radius 1 is 1.32 bits per heavy atom. The number of esters is 1. The van der Waals surface area contributed by atoms with Gasteiger partial charge in [-0.05, 0) is 43.7 Å². The Morgan fingerprint density at radius 3 is 2.73 bits per heavy atom. The van der Waals surface area contributed by atoms with Gasteiger partial charge in [0.1, 0.15) is 4.88 Å². The second kappa shape index (κ2) is 7.42. The SMILES string of the molecule is Cc1ccc(C(=O)OCC(=O)N[C@H](C)c2cccc(Cl)c2)s1. The Bertz CT molecular complexity index is 684. The summed E-state index contributed by atoms with van der Waals surface area (Å²) in [5.41, 5.74) is 0.890. The van der Waals surface area contributed by atoms with Crippen molar-refractivity contribution in [3.8, 4) is 0 Å². The molecule has 1 amide bonds. The van der Waals surface area contributed by atoms with Crippen LogP contribution in [0.3, 0.4) is 0 Å². The van der Waals surface area contributed by atoms with Gasteiger partial charge in [0.25, 0.3) is 5.91 Å². The molecule has 6 heteroatoms. The van der Waals surface area contributed by atoms with E-state index in [9.17, 15) is 9.59 Å². The zero-order valence-corrected chi connectivity index (χ0v) is 13.8. The summed E-state index contributed by atoms with van der Waals surface area (Å²) in [5.74, 6) is -0.835. The number of benzene rings is 1. The number of carbonyl (C=O) groups excluding carboxylic acids is 2. The standard InChI is InChI=1S/C16H16ClNO3S/c1-10-6-7-14(22-10)16(20)21-9-15(19)18-11(2)12-4-3-5-13(17)8-12/h3-8,11H,9H2,1-2H3,(H,18,19)/t11-/m1/s1. The zero-order valence-electron chi connectivity index (χ0n) is 12.3. The monoisotopic (exact) mass is 337 g/mol. The van der Waals surface area contributed by atoms with E-state index < -0.39 is 5.97 Å². The Labute approximate surface area is 138 Å². The largest absolute Gasteiger partial charge is 0.451 e. The third-order valence-electron chi connectivity index (χ3n) is 3.00. The molecule has 0 radical (unpaired) electrons. The highest BCUT2D eigenvalue weighted by Gasteiger charge is 2.14. The predicted molar refractivity (Wildman–Crippen MR) is 87.3 cm³/mol. The molecule has 1 N–H and O–H groups in total. The predicted octanol–water partition coefficient (Wildman–Crippen LogP) is 3.74. The topological polar surface area (TPSA) is 55.4 Å². The van der Waals surface area contributed by atoms with Crippen LogP contribution in [-0.4, -0.2) is 18.5 Å². The summed E-state index contributed by atoms with van der Waals surface area (Å²) in [4.78, 5) is 25.1. The van der Waals surface area contributed by atoms with Gasteiger partial charge in [0.05, 0.1) is 6.04 Å². The highest BCUT2D eigenvalue weighted by Crippen LogP contribution is 2.18. The highest BCUT2D eigenvalue weighted by molar-refractivity contribution is 7.13. The number of amides is 1. The summed E-state index contributed by atoms with van der Waals surface area (Å²) in [6.45, 7) is 3.44. The Hall–Kier alpha value is -1.85. The van der Waals surface area contributed by atoms with Crippen LogP contribution in [-0.2, 0) is 9.53 Å². The lowest BCUT2D eigenvalue weighted by Crippen LogP contribution is -2.31. The molecular formula is C16H16ClNO3S. The number of thiophene rings is 1. The minimum Gasteiger partial charge on any atom is -0.451 e. The molecule has 0 aliphatic heterocycles. The van der Waals surface area contributed by atoms with E-state index in [1.54, 1.807) is 18.2 Å². The Morgan fingerprint density at radius 2 is 2.09 bits per heavy atom. The molecule has 1 aromatic heterocycles. The molecule has 2 rings (SSSR count). The number of carbonyl (C=O) groups is 2. The van der Waals surface area contributed by atoms with Crippen LogP contribution in [0.1, 0.15) is 33.1 Å². The van der Waals surface area contributed by atoms with Crippen LogP contribution in [0.15, 0.2) is 36.4 Å². The van der Waals surface area contributed by atoms with Gasteiger partial charge in [-0.15, -0.1) is 11.3 Å². The van der Waals surface area contributed by atoms with E-state index in [4.69, 9.17) is 16.3 Å². The fourth-order valence-electron chi connectivity index (χ4n) is 1.89. The molecule has 0 aliphatic carbocycles. The number of aryl methyl sites for hydroxylation is 1. The normalized spacial score (nSPS) is 11.8. The molecule has 0 aliphatic rings. The van der Waals surface area contributed by atoms with E-state index >= 15 is 0 Å². The van der Waals surface area contributed by atoms with Crippen molar-refractivity contribution in [1.82, 2.24) is 5.32 Å². The van der Waals surface area contributed by atoms with Crippen molar-refractivity contribution in [3.05, 3.63) is 56.7 Å². The number of ether oxygens (including phenoxy) is 1. The molecule has 0 fully saturated rings. The summed E-state index contributed by atoms with van der Waals surface area (Å²) in [5, 5.41) is 3.37. The highest BCUT2D eigenvalue weighted by atomic mass is 35.5. The number of hydrogen-bond donors (Lipinski definition) is 1. The van der Waals surface area contributed by atoms with E-state index in [1.165, 1.54) is 11.3 Å². The van der Waals surface area contributed by atoms with Crippen LogP contribution in [0.4, 0.5) is 0 Å². The van der Waals surface area contributed by atoms with Crippen LogP contribution in [0.5, 0.6) is 0 Å². The lowest BCUT2D eigenvalue weighted by molar-refractivity contribution is -0.124. The third-order valence-corrected chi connectivity index (χ3v) is 4.22. The van der Waals surface area contributed by atoms with Crippen molar-refractivity contribution in [1.29, 1.82) is 0 Å². The third kappa shape index (κ3) is 4.58. The first-order chi connectivity index (χ1) is 10.5. The average molecular weight is 338 g/mol. The van der Waals surface area contributed by atoms with Crippen LogP contribution < -0.4 is 5.32 Å². The zero-order chi connectivity index (χ0) is 16.1. The quantitative estimate of drug-likeness (QED) is 0.845. The molecule has 22 heavy (non-hydrogen) atoms. The van der Waals surface area contributed by atoms with Gasteiger partial charge >= 0.3 is 5.97 Å². The Balaban J connectivity index is 1.84. The smallest absolute Gasteiger partial charge is 0.348 e. The maximum absolute atomic E-state index is 11.8. The first kappa shape index (κ1) is 16.5. The van der Waals surface area contributed by atoms with Gasteiger partial charge in [0, 0.05) is 9.90 Å². The van der Waals surface area contributed by atoms with Crippen LogP contribution >= 0.6 is 22.9 Å². The first-order valence-corrected chi connectivity index (χ1v) is 7.93. The fourth-order valence-corrected chi connectivity index (χ4v) is 2.85. The van der Waals surface area contributed by atoms with E-state index in [2.05, 4.69) is 5.32 Å². The lowest BCUT2D eigenvalue weighted by Gasteiger charge is -2.14. The molecule has 0 saturated carbocycles. The van der Waals surface area contributed by atoms with Crippen LogP contribution in [0.2, 0.25) is 5.02 Å². The summed E-state index contributed by atoms with van der Waals surface area (Å²) >= 11 is 7.26. The van der Waals surface area contributed by atoms with Crippen LogP contribution in [0, 0.1) is 6.92 Å². The van der Waals surface area contributed by atoms with E-state index in [0.717, 1.165) is 10.4 Å². The minimum atomic E-state index is -0.483. The fraction of sp³-hybridized carbons (Fsp3) is 0.250. The molecular weight excluding hydrogens is 322 g/mol. The molecule has 0 saturated heterocycles. The van der Waals surface area contributed by atoms with Gasteiger partial charge in [0.15, 0.2) is 6.61 Å². The van der Waals surface area contributed by atoms with Crippen molar-refractivity contribution in [2.24, 2.45) is 0 Å². The van der Waals surface area contributed by atoms with Gasteiger partial charge in [-0.3, -0.25) is 4.79 Å². The van der Waals surface area contributed by atoms with Crippen molar-refractivity contribution in [2.45, 2.75) is 19.9 Å². The van der Waals surface area contributed by atoms with E-state index in [1.807, 2.05) is 32.0 Å². The maximum atomic E-state index is 11.8. The minimum absolute atomic E-state index is 0.214. The van der Waals surface area contributed by atoms with E-state index in [0.29, 0.717) is 9.90 Å². The molecule has 1 heterocycles. The second-order valence-electron chi connectivity index (χ2n) is 4.83. The average Bonchev–Trinajstić information content (AvgIpc) is 2.91. The van der Waals surface area contributed by atoms with Gasteiger partial charge in [-0.25, -0.2) is 4.79 Å². The molecule has 0 bridgehead atoms. The summed E-state index contributed by atoms with van der Waals surface area (Å²) in [7, 11) is 0. The van der Waals surface area contributed by atoms with Crippen LogP contribution in [0.25, 0.3) is 0 Å². The summed E-state index contributed by atoms with van der Waals surface area (Å²) in [6, 6.07) is 10.6. The number of nitrogens with one attached hydrogen (secondary N) is 1. The molecule has 0 spiro atoms. The Kier molecular flexibility index (Phi) is 5.57. The van der Waals surface area contributed by atoms with Crippen molar-refractivity contribution in [3.63, 3.8) is 0 Å². The summed E-state index contributed by atoms with van der Waals surface area (Å²) < 4.78 is 5.00. The van der Waals surface area contributed by atoms with Crippen molar-refractivity contribution < 1.29 is 14.3 Å². The molecule has 1 atom stereocenters. The number of rotatable bonds is 5. The molecule has 4 nitrogen and oxygen atoms in total. The molecule has 116 valence electrons.